The zero-order valence-electron chi connectivity index (χ0n) is 12.3. The Hall–Kier alpha value is -2.10. The molecule has 0 unspecified atom stereocenters. The van der Waals surface area contributed by atoms with Crippen molar-refractivity contribution in [1.29, 1.82) is 0 Å². The Morgan fingerprint density at radius 2 is 1.90 bits per heavy atom. The van der Waals surface area contributed by atoms with Gasteiger partial charge in [0, 0.05) is 18.7 Å². The van der Waals surface area contributed by atoms with Gasteiger partial charge >= 0.3 is 0 Å². The van der Waals surface area contributed by atoms with Crippen molar-refractivity contribution in [2.24, 2.45) is 0 Å². The Labute approximate surface area is 124 Å². The minimum Gasteiger partial charge on any atom is -0.440 e. The predicted octanol–water partition coefficient (Wildman–Crippen LogP) is 3.21. The fraction of sp³-hybridized carbons (Fsp3) is 0.412. The average Bonchev–Trinajstić information content (AvgIpc) is 2.90. The molecule has 1 aromatic heterocycles. The number of nitrogens with zero attached hydrogens (tertiary/aromatic N) is 2. The number of carbonyl (C=O) groups excluding carboxylic acids is 1. The fourth-order valence-corrected chi connectivity index (χ4v) is 2.69. The molecule has 0 saturated carbocycles. The summed E-state index contributed by atoms with van der Waals surface area (Å²) in [5.41, 5.74) is 1.75. The molecular weight excluding hydrogens is 264 g/mol. The van der Waals surface area contributed by atoms with Gasteiger partial charge in [-0.15, -0.1) is 0 Å². The Morgan fingerprint density at radius 3 is 2.62 bits per heavy atom. The zero-order chi connectivity index (χ0) is 14.7. The van der Waals surface area contributed by atoms with E-state index in [4.69, 9.17) is 4.42 Å². The van der Waals surface area contributed by atoms with Crippen LogP contribution in [0, 0.1) is 6.92 Å². The number of piperidine rings is 1. The number of aromatic nitrogens is 1. The molecule has 2 aromatic rings. The smallest absolute Gasteiger partial charge is 0.230 e. The second kappa shape index (κ2) is 6.12. The monoisotopic (exact) mass is 284 g/mol. The number of amides is 1. The maximum atomic E-state index is 12.3. The molecule has 0 aliphatic carbocycles. The molecule has 1 aromatic carbocycles. The summed E-state index contributed by atoms with van der Waals surface area (Å²) in [4.78, 5) is 18.7. The molecule has 0 spiro atoms. The molecule has 0 radical (unpaired) electrons. The van der Waals surface area contributed by atoms with Crippen LogP contribution in [0.5, 0.6) is 0 Å². The summed E-state index contributed by atoms with van der Waals surface area (Å²) in [6.45, 7) is 3.64. The lowest BCUT2D eigenvalue weighted by Crippen LogP contribution is -2.36. The number of oxazole rings is 1. The van der Waals surface area contributed by atoms with E-state index in [1.165, 1.54) is 6.42 Å². The first-order chi connectivity index (χ1) is 10.2. The van der Waals surface area contributed by atoms with Gasteiger partial charge in [-0.2, -0.15) is 0 Å². The van der Waals surface area contributed by atoms with Crippen LogP contribution in [0.4, 0.5) is 0 Å². The Bertz CT molecular complexity index is 613. The quantitative estimate of drug-likeness (QED) is 0.869. The van der Waals surface area contributed by atoms with Gasteiger partial charge in [0.1, 0.15) is 5.76 Å². The summed E-state index contributed by atoms with van der Waals surface area (Å²) in [7, 11) is 0. The van der Waals surface area contributed by atoms with Gasteiger partial charge in [0.15, 0.2) is 0 Å². The summed E-state index contributed by atoms with van der Waals surface area (Å²) >= 11 is 0. The molecule has 4 heteroatoms. The highest BCUT2D eigenvalue weighted by atomic mass is 16.4. The first-order valence-corrected chi connectivity index (χ1v) is 7.53. The van der Waals surface area contributed by atoms with Gasteiger partial charge in [-0.1, -0.05) is 18.2 Å². The highest BCUT2D eigenvalue weighted by molar-refractivity contribution is 5.78. The molecule has 3 rings (SSSR count). The van der Waals surface area contributed by atoms with Crippen molar-refractivity contribution in [3.8, 4) is 11.5 Å². The van der Waals surface area contributed by atoms with Gasteiger partial charge < -0.3 is 9.32 Å². The molecule has 1 aliphatic rings. The molecule has 2 heterocycles. The lowest BCUT2D eigenvalue weighted by Gasteiger charge is -2.26. The van der Waals surface area contributed by atoms with Crippen molar-refractivity contribution in [3.63, 3.8) is 0 Å². The van der Waals surface area contributed by atoms with Crippen LogP contribution < -0.4 is 0 Å². The van der Waals surface area contributed by atoms with E-state index in [1.54, 1.807) is 0 Å². The average molecular weight is 284 g/mol. The summed E-state index contributed by atoms with van der Waals surface area (Å²) < 4.78 is 5.80. The van der Waals surface area contributed by atoms with Crippen molar-refractivity contribution in [3.05, 3.63) is 41.8 Å². The SMILES string of the molecule is Cc1nc(-c2ccccc2)oc1CC(=O)N1CCCCC1. The molecule has 1 aliphatic heterocycles. The third-order valence-electron chi connectivity index (χ3n) is 3.93. The van der Waals surface area contributed by atoms with E-state index >= 15 is 0 Å². The number of rotatable bonds is 3. The maximum Gasteiger partial charge on any atom is 0.230 e. The van der Waals surface area contributed by atoms with Crippen molar-refractivity contribution in [2.75, 3.05) is 13.1 Å². The largest absolute Gasteiger partial charge is 0.440 e. The number of likely N-dealkylation sites (tertiary alicyclic amines) is 1. The number of aryl methyl sites for hydroxylation is 1. The van der Waals surface area contributed by atoms with E-state index in [9.17, 15) is 4.79 Å². The Morgan fingerprint density at radius 1 is 1.19 bits per heavy atom. The third kappa shape index (κ3) is 3.15. The summed E-state index contributed by atoms with van der Waals surface area (Å²) in [6.07, 6.45) is 3.75. The van der Waals surface area contributed by atoms with Crippen LogP contribution in [0.3, 0.4) is 0 Å². The van der Waals surface area contributed by atoms with Gasteiger partial charge in [0.05, 0.1) is 12.1 Å². The summed E-state index contributed by atoms with van der Waals surface area (Å²) in [5, 5.41) is 0. The molecule has 21 heavy (non-hydrogen) atoms. The van der Waals surface area contributed by atoms with Gasteiger partial charge in [0.25, 0.3) is 0 Å². The Kier molecular flexibility index (Phi) is 4.04. The molecule has 4 nitrogen and oxygen atoms in total. The van der Waals surface area contributed by atoms with Gasteiger partial charge in [-0.25, -0.2) is 4.98 Å². The van der Waals surface area contributed by atoms with Crippen molar-refractivity contribution in [2.45, 2.75) is 32.6 Å². The molecular formula is C17H20N2O2. The van der Waals surface area contributed by atoms with E-state index in [0.29, 0.717) is 18.1 Å². The minimum atomic E-state index is 0.147. The molecule has 0 atom stereocenters. The second-order valence-electron chi connectivity index (χ2n) is 5.51. The lowest BCUT2D eigenvalue weighted by molar-refractivity contribution is -0.131. The summed E-state index contributed by atoms with van der Waals surface area (Å²) in [6, 6.07) is 9.78. The molecule has 110 valence electrons. The van der Waals surface area contributed by atoms with E-state index in [0.717, 1.165) is 37.2 Å². The number of hydrogen-bond donors (Lipinski definition) is 0. The van der Waals surface area contributed by atoms with Crippen molar-refractivity contribution < 1.29 is 9.21 Å². The van der Waals surface area contributed by atoms with Crippen LogP contribution in [0.1, 0.15) is 30.7 Å². The highest BCUT2D eigenvalue weighted by Gasteiger charge is 2.20. The normalized spacial score (nSPS) is 15.2. The molecule has 0 N–H and O–H groups in total. The Balaban J connectivity index is 1.74. The maximum absolute atomic E-state index is 12.3. The minimum absolute atomic E-state index is 0.147. The number of carbonyl (C=O) groups is 1. The topological polar surface area (TPSA) is 46.3 Å². The van der Waals surface area contributed by atoms with Crippen molar-refractivity contribution >= 4 is 5.91 Å². The highest BCUT2D eigenvalue weighted by Crippen LogP contribution is 2.22. The van der Waals surface area contributed by atoms with E-state index in [2.05, 4.69) is 4.98 Å². The predicted molar refractivity (Wildman–Crippen MR) is 80.8 cm³/mol. The van der Waals surface area contributed by atoms with Gasteiger partial charge in [0.2, 0.25) is 11.8 Å². The first kappa shape index (κ1) is 13.9. The van der Waals surface area contributed by atoms with E-state index in [-0.39, 0.29) is 5.91 Å². The van der Waals surface area contributed by atoms with Gasteiger partial charge in [-0.05, 0) is 38.3 Å². The number of benzene rings is 1. The molecule has 0 bridgehead atoms. The van der Waals surface area contributed by atoms with Crippen LogP contribution in [0.15, 0.2) is 34.7 Å². The van der Waals surface area contributed by atoms with Crippen LogP contribution >= 0.6 is 0 Å². The zero-order valence-corrected chi connectivity index (χ0v) is 12.3. The van der Waals surface area contributed by atoms with Crippen LogP contribution in [0.2, 0.25) is 0 Å². The first-order valence-electron chi connectivity index (χ1n) is 7.53. The second-order valence-corrected chi connectivity index (χ2v) is 5.51. The van der Waals surface area contributed by atoms with Crippen LogP contribution in [-0.2, 0) is 11.2 Å². The van der Waals surface area contributed by atoms with Crippen LogP contribution in [-0.4, -0.2) is 28.9 Å². The van der Waals surface area contributed by atoms with E-state index in [1.807, 2.05) is 42.2 Å². The molecule has 1 amide bonds. The lowest BCUT2D eigenvalue weighted by atomic mass is 10.1. The van der Waals surface area contributed by atoms with E-state index < -0.39 is 0 Å². The van der Waals surface area contributed by atoms with Gasteiger partial charge in [-0.3, -0.25) is 4.79 Å². The molecule has 1 fully saturated rings. The van der Waals surface area contributed by atoms with Crippen molar-refractivity contribution in [1.82, 2.24) is 9.88 Å². The fourth-order valence-electron chi connectivity index (χ4n) is 2.69. The molecule has 1 saturated heterocycles. The summed E-state index contributed by atoms with van der Waals surface area (Å²) in [5.74, 6) is 1.42. The number of hydrogen-bond acceptors (Lipinski definition) is 3. The standard InChI is InChI=1S/C17H20N2O2/c1-13-15(12-16(20)19-10-6-3-7-11-19)21-17(18-13)14-8-4-2-5-9-14/h2,4-5,8-9H,3,6-7,10-12H2,1H3. The third-order valence-corrected chi connectivity index (χ3v) is 3.93. The van der Waals surface area contributed by atoms with Crippen LogP contribution in [0.25, 0.3) is 11.5 Å².